The lowest BCUT2D eigenvalue weighted by atomic mass is 10.0. The van der Waals surface area contributed by atoms with Crippen molar-refractivity contribution in [1.82, 2.24) is 0 Å². The van der Waals surface area contributed by atoms with Crippen LogP contribution >= 0.6 is 0 Å². The van der Waals surface area contributed by atoms with Crippen LogP contribution in [0.15, 0.2) is 12.2 Å². The first-order chi connectivity index (χ1) is 14.4. The summed E-state index contributed by atoms with van der Waals surface area (Å²) in [5.41, 5.74) is 0. The van der Waals surface area contributed by atoms with E-state index in [-0.39, 0.29) is 24.1 Å². The van der Waals surface area contributed by atoms with E-state index < -0.39 is 0 Å². The second kappa shape index (κ2) is 20.9. The number of carbonyl (C=O) groups is 2. The fourth-order valence-electron chi connectivity index (χ4n) is 3.41. The van der Waals surface area contributed by atoms with Gasteiger partial charge in [0.05, 0.1) is 18.6 Å². The van der Waals surface area contributed by atoms with Crippen LogP contribution in [0.25, 0.3) is 0 Å². The van der Waals surface area contributed by atoms with Crippen molar-refractivity contribution >= 4 is 11.9 Å². The Morgan fingerprint density at radius 1 is 0.567 bits per heavy atom. The van der Waals surface area contributed by atoms with E-state index in [2.05, 4.69) is 6.08 Å². The van der Waals surface area contributed by atoms with Gasteiger partial charge in [-0.2, -0.15) is 0 Å². The molecule has 0 aromatic rings. The molecule has 0 N–H and O–H groups in total. The van der Waals surface area contributed by atoms with Crippen LogP contribution in [0, 0.1) is 0 Å². The van der Waals surface area contributed by atoms with Crippen LogP contribution in [-0.4, -0.2) is 24.1 Å². The molecule has 0 radical (unpaired) electrons. The Morgan fingerprint density at radius 2 is 0.967 bits per heavy atom. The Balaban J connectivity index is 3.21. The standard InChI is InChI=1S/C26H48O4/c1-23(2)29-25(27)21-19-17-15-13-11-9-7-5-6-8-10-12-14-16-18-20-22-26(28)30-24(3)4/h17,19,23-24H,5-16,18,20-22H2,1-4H3/b19-17+. The highest BCUT2D eigenvalue weighted by atomic mass is 16.5. The second-order valence-electron chi connectivity index (χ2n) is 8.89. The maximum absolute atomic E-state index is 11.4. The molecule has 0 fully saturated rings. The highest BCUT2D eigenvalue weighted by molar-refractivity contribution is 5.71. The summed E-state index contributed by atoms with van der Waals surface area (Å²) < 4.78 is 10.2. The Kier molecular flexibility index (Phi) is 20.0. The van der Waals surface area contributed by atoms with Gasteiger partial charge in [0.25, 0.3) is 0 Å². The molecule has 30 heavy (non-hydrogen) atoms. The fourth-order valence-corrected chi connectivity index (χ4v) is 3.41. The van der Waals surface area contributed by atoms with Crippen molar-refractivity contribution in [1.29, 1.82) is 0 Å². The zero-order valence-electron chi connectivity index (χ0n) is 20.3. The summed E-state index contributed by atoms with van der Waals surface area (Å²) in [5, 5.41) is 0. The van der Waals surface area contributed by atoms with Crippen molar-refractivity contribution in [2.45, 2.75) is 143 Å². The molecule has 0 aliphatic heterocycles. The molecule has 0 atom stereocenters. The van der Waals surface area contributed by atoms with Crippen LogP contribution in [0.5, 0.6) is 0 Å². The number of hydrogen-bond acceptors (Lipinski definition) is 4. The normalized spacial score (nSPS) is 11.5. The van der Waals surface area contributed by atoms with E-state index in [0.29, 0.717) is 12.8 Å². The third-order valence-electron chi connectivity index (χ3n) is 4.94. The number of unbranched alkanes of at least 4 members (excludes halogenated alkanes) is 13. The summed E-state index contributed by atoms with van der Waals surface area (Å²) in [7, 11) is 0. The Bertz CT molecular complexity index is 440. The van der Waals surface area contributed by atoms with Crippen molar-refractivity contribution in [2.24, 2.45) is 0 Å². The van der Waals surface area contributed by atoms with Crippen molar-refractivity contribution in [3.63, 3.8) is 0 Å². The summed E-state index contributed by atoms with van der Waals surface area (Å²) in [4.78, 5) is 22.8. The minimum Gasteiger partial charge on any atom is -0.463 e. The molecule has 0 aromatic carbocycles. The van der Waals surface area contributed by atoms with Crippen LogP contribution < -0.4 is 0 Å². The highest BCUT2D eigenvalue weighted by Gasteiger charge is 2.04. The zero-order chi connectivity index (χ0) is 22.5. The van der Waals surface area contributed by atoms with E-state index in [9.17, 15) is 9.59 Å². The number of rotatable bonds is 20. The molecule has 0 saturated carbocycles. The first kappa shape index (κ1) is 28.7. The van der Waals surface area contributed by atoms with Crippen molar-refractivity contribution in [2.75, 3.05) is 0 Å². The molecule has 4 heteroatoms. The van der Waals surface area contributed by atoms with Gasteiger partial charge >= 0.3 is 11.9 Å². The first-order valence-electron chi connectivity index (χ1n) is 12.5. The molecule has 0 saturated heterocycles. The third kappa shape index (κ3) is 23.0. The number of hydrogen-bond donors (Lipinski definition) is 0. The molecular weight excluding hydrogens is 376 g/mol. The third-order valence-corrected chi connectivity index (χ3v) is 4.94. The van der Waals surface area contributed by atoms with Crippen LogP contribution in [0.2, 0.25) is 0 Å². The van der Waals surface area contributed by atoms with E-state index in [4.69, 9.17) is 9.47 Å². The second-order valence-corrected chi connectivity index (χ2v) is 8.89. The molecule has 4 nitrogen and oxygen atoms in total. The van der Waals surface area contributed by atoms with Gasteiger partial charge in [0, 0.05) is 6.42 Å². The maximum atomic E-state index is 11.4. The summed E-state index contributed by atoms with van der Waals surface area (Å²) >= 11 is 0. The van der Waals surface area contributed by atoms with Gasteiger partial charge in [-0.3, -0.25) is 9.59 Å². The highest BCUT2D eigenvalue weighted by Crippen LogP contribution is 2.13. The van der Waals surface area contributed by atoms with E-state index in [1.54, 1.807) is 0 Å². The van der Waals surface area contributed by atoms with Crippen molar-refractivity contribution < 1.29 is 19.1 Å². The van der Waals surface area contributed by atoms with Crippen LogP contribution in [0.1, 0.15) is 130 Å². The van der Waals surface area contributed by atoms with Crippen LogP contribution in [0.3, 0.4) is 0 Å². The van der Waals surface area contributed by atoms with E-state index in [1.807, 2.05) is 33.8 Å². The average Bonchev–Trinajstić information content (AvgIpc) is 2.65. The minimum absolute atomic E-state index is 0.00731. The molecule has 0 amide bonds. The van der Waals surface area contributed by atoms with Gasteiger partial charge in [-0.15, -0.1) is 0 Å². The number of ether oxygens (including phenoxy) is 2. The summed E-state index contributed by atoms with van der Waals surface area (Å²) in [6, 6.07) is 0. The van der Waals surface area contributed by atoms with Gasteiger partial charge < -0.3 is 9.47 Å². The number of carbonyl (C=O) groups excluding carboxylic acids is 2. The average molecular weight is 425 g/mol. The largest absolute Gasteiger partial charge is 0.463 e. The molecular formula is C26H48O4. The lowest BCUT2D eigenvalue weighted by Crippen LogP contribution is -2.10. The lowest BCUT2D eigenvalue weighted by molar-refractivity contribution is -0.148. The Labute approximate surface area is 186 Å². The van der Waals surface area contributed by atoms with E-state index >= 15 is 0 Å². The summed E-state index contributed by atoms with van der Waals surface area (Å²) in [6.07, 6.45) is 22.6. The zero-order valence-corrected chi connectivity index (χ0v) is 20.3. The predicted molar refractivity (Wildman–Crippen MR) is 125 cm³/mol. The summed E-state index contributed by atoms with van der Waals surface area (Å²) in [5.74, 6) is -0.185. The molecule has 0 unspecified atom stereocenters. The quantitative estimate of drug-likeness (QED) is 0.114. The minimum atomic E-state index is -0.134. The van der Waals surface area contributed by atoms with Crippen LogP contribution in [-0.2, 0) is 19.1 Å². The SMILES string of the molecule is CC(C)OC(=O)C/C=C/CCCCCCCCCCCCCCCC(=O)OC(C)C. The lowest BCUT2D eigenvalue weighted by Gasteiger charge is -2.07. The number of allylic oxidation sites excluding steroid dienone is 1. The van der Waals surface area contributed by atoms with Gasteiger partial charge in [-0.05, 0) is 47.0 Å². The molecule has 0 rings (SSSR count). The van der Waals surface area contributed by atoms with Crippen molar-refractivity contribution in [3.05, 3.63) is 12.2 Å². The smallest absolute Gasteiger partial charge is 0.309 e. The molecule has 0 aliphatic carbocycles. The first-order valence-corrected chi connectivity index (χ1v) is 12.5. The topological polar surface area (TPSA) is 52.6 Å². The molecule has 0 aromatic heterocycles. The van der Waals surface area contributed by atoms with E-state index in [0.717, 1.165) is 19.3 Å². The Morgan fingerprint density at radius 3 is 1.43 bits per heavy atom. The van der Waals surface area contributed by atoms with Gasteiger partial charge in [-0.1, -0.05) is 82.8 Å². The number of esters is 2. The molecule has 0 bridgehead atoms. The van der Waals surface area contributed by atoms with Crippen molar-refractivity contribution in [3.8, 4) is 0 Å². The maximum Gasteiger partial charge on any atom is 0.309 e. The van der Waals surface area contributed by atoms with Gasteiger partial charge in [-0.25, -0.2) is 0 Å². The van der Waals surface area contributed by atoms with Gasteiger partial charge in [0.15, 0.2) is 0 Å². The fraction of sp³-hybridized carbons (Fsp3) is 0.846. The van der Waals surface area contributed by atoms with E-state index in [1.165, 1.54) is 70.6 Å². The monoisotopic (exact) mass is 424 g/mol. The van der Waals surface area contributed by atoms with Crippen LogP contribution in [0.4, 0.5) is 0 Å². The van der Waals surface area contributed by atoms with Gasteiger partial charge in [0.2, 0.25) is 0 Å². The predicted octanol–water partition coefficient (Wildman–Crippen LogP) is 7.69. The molecule has 0 spiro atoms. The Hall–Kier alpha value is -1.32. The van der Waals surface area contributed by atoms with Gasteiger partial charge in [0.1, 0.15) is 0 Å². The summed E-state index contributed by atoms with van der Waals surface area (Å²) in [6.45, 7) is 7.55. The molecule has 176 valence electrons. The molecule has 0 aliphatic rings. The molecule has 0 heterocycles.